The number of rotatable bonds is 11. The Bertz CT molecular complexity index is 999. The lowest BCUT2D eigenvalue weighted by Gasteiger charge is -2.33. The average molecular weight is 470 g/mol. The van der Waals surface area contributed by atoms with Crippen LogP contribution in [0, 0.1) is 0 Å². The molecule has 1 saturated heterocycles. The van der Waals surface area contributed by atoms with E-state index in [1.54, 1.807) is 0 Å². The van der Waals surface area contributed by atoms with Gasteiger partial charge in [0.25, 0.3) is 0 Å². The zero-order chi connectivity index (χ0) is 25.3. The van der Waals surface area contributed by atoms with Crippen molar-refractivity contribution in [3.05, 3.63) is 47.5 Å². The van der Waals surface area contributed by atoms with E-state index >= 15 is 0 Å². The first-order valence-corrected chi connectivity index (χ1v) is 14.1. The molecule has 0 atom stereocenters. The average Bonchev–Trinajstić information content (AvgIpc) is 3.20. The molecule has 0 amide bonds. The summed E-state index contributed by atoms with van der Waals surface area (Å²) in [6.07, 6.45) is 12.5. The van der Waals surface area contributed by atoms with Crippen molar-refractivity contribution in [2.75, 3.05) is 0 Å². The molecule has 0 unspecified atom stereocenters. The minimum Gasteiger partial charge on any atom is -0.399 e. The summed E-state index contributed by atoms with van der Waals surface area (Å²) in [6, 6.07) is 13.5. The van der Waals surface area contributed by atoms with Gasteiger partial charge in [0.1, 0.15) is 7.85 Å². The third-order valence-corrected chi connectivity index (χ3v) is 8.85. The van der Waals surface area contributed by atoms with Crippen LogP contribution in [0.3, 0.4) is 0 Å². The number of unbranched alkanes of at least 4 members (excludes halogenated alkanes) is 6. The first-order chi connectivity index (χ1) is 16.6. The maximum Gasteiger partial charge on any atom is 0.494 e. The second kappa shape index (κ2) is 10.5. The largest absolute Gasteiger partial charge is 0.494 e. The van der Waals surface area contributed by atoms with E-state index in [-0.39, 0.29) is 23.7 Å². The Morgan fingerprint density at radius 1 is 0.686 bits per heavy atom. The Balaban J connectivity index is 1.77. The van der Waals surface area contributed by atoms with Gasteiger partial charge in [-0.25, -0.2) is 0 Å². The van der Waals surface area contributed by atoms with Gasteiger partial charge in [0.2, 0.25) is 0 Å². The quantitative estimate of drug-likeness (QED) is 0.261. The van der Waals surface area contributed by atoms with E-state index in [1.165, 1.54) is 86.5 Å². The van der Waals surface area contributed by atoms with Crippen LogP contribution in [-0.4, -0.2) is 26.2 Å². The highest BCUT2D eigenvalue weighted by Crippen LogP contribution is 2.53. The highest BCUT2D eigenvalue weighted by molar-refractivity contribution is 6.62. The molecule has 2 aliphatic rings. The van der Waals surface area contributed by atoms with Crippen LogP contribution < -0.4 is 10.9 Å². The molecule has 0 saturated carbocycles. The molecule has 1 aliphatic heterocycles. The van der Waals surface area contributed by atoms with Crippen molar-refractivity contribution in [3.8, 4) is 11.1 Å². The SMILES string of the molecule is [B]c1ccc2c(c1)C(CCCCCC)(CCCCCC)c1cc(B3OC(C)(C)C(C)(C)O3)ccc1-2. The molecule has 2 radical (unpaired) electrons. The van der Waals surface area contributed by atoms with Gasteiger partial charge in [0.15, 0.2) is 0 Å². The second-order valence-corrected chi connectivity index (χ2v) is 11.9. The number of hydrogen-bond acceptors (Lipinski definition) is 2. The van der Waals surface area contributed by atoms with E-state index in [4.69, 9.17) is 17.2 Å². The maximum absolute atomic E-state index is 6.46. The van der Waals surface area contributed by atoms with E-state index in [2.05, 4.69) is 77.9 Å². The lowest BCUT2D eigenvalue weighted by molar-refractivity contribution is 0.00578. The van der Waals surface area contributed by atoms with Crippen LogP contribution in [0.4, 0.5) is 0 Å². The summed E-state index contributed by atoms with van der Waals surface area (Å²) in [7, 11) is 6.05. The molecule has 2 aromatic rings. The summed E-state index contributed by atoms with van der Waals surface area (Å²) in [4.78, 5) is 0. The Hall–Kier alpha value is -1.51. The normalized spacial score (nSPS) is 19.1. The Morgan fingerprint density at radius 3 is 1.74 bits per heavy atom. The first-order valence-electron chi connectivity index (χ1n) is 14.1. The van der Waals surface area contributed by atoms with Gasteiger partial charge in [-0.15, -0.1) is 0 Å². The predicted molar refractivity (Wildman–Crippen MR) is 151 cm³/mol. The number of fused-ring (bicyclic) bond motifs is 3. The van der Waals surface area contributed by atoms with Crippen LogP contribution in [0.1, 0.15) is 117 Å². The van der Waals surface area contributed by atoms with Gasteiger partial charge in [0, 0.05) is 5.41 Å². The molecule has 1 heterocycles. The van der Waals surface area contributed by atoms with E-state index in [0.29, 0.717) is 0 Å². The minimum atomic E-state index is -0.342. The van der Waals surface area contributed by atoms with Gasteiger partial charge < -0.3 is 9.31 Å². The third-order valence-electron chi connectivity index (χ3n) is 8.85. The van der Waals surface area contributed by atoms with Crippen LogP contribution in [0.25, 0.3) is 11.1 Å². The smallest absolute Gasteiger partial charge is 0.399 e. The van der Waals surface area contributed by atoms with Gasteiger partial charge in [-0.2, -0.15) is 0 Å². The highest BCUT2D eigenvalue weighted by Gasteiger charge is 2.52. The van der Waals surface area contributed by atoms with E-state index < -0.39 is 0 Å². The third kappa shape index (κ3) is 5.03. The maximum atomic E-state index is 6.46. The monoisotopic (exact) mass is 470 g/mol. The fourth-order valence-corrected chi connectivity index (χ4v) is 6.03. The molecule has 0 N–H and O–H groups in total. The Kier molecular flexibility index (Phi) is 7.94. The molecule has 0 aromatic heterocycles. The molecule has 35 heavy (non-hydrogen) atoms. The molecular weight excluding hydrogens is 426 g/mol. The van der Waals surface area contributed by atoms with Crippen LogP contribution in [0.5, 0.6) is 0 Å². The summed E-state index contributed by atoms with van der Waals surface area (Å²) >= 11 is 0. The van der Waals surface area contributed by atoms with Crippen molar-refractivity contribution in [2.24, 2.45) is 0 Å². The summed E-state index contributed by atoms with van der Waals surface area (Å²) in [5.41, 5.74) is 6.96. The van der Waals surface area contributed by atoms with Crippen molar-refractivity contribution in [3.63, 3.8) is 0 Å². The predicted octanol–water partition coefficient (Wildman–Crippen LogP) is 6.99. The van der Waals surface area contributed by atoms with Gasteiger partial charge in [-0.1, -0.05) is 107 Å². The van der Waals surface area contributed by atoms with Gasteiger partial charge in [0.05, 0.1) is 11.2 Å². The number of benzene rings is 2. The summed E-state index contributed by atoms with van der Waals surface area (Å²) in [5.74, 6) is 0. The first kappa shape index (κ1) is 26.6. The molecule has 0 bridgehead atoms. The van der Waals surface area contributed by atoms with E-state index in [1.807, 2.05) is 0 Å². The second-order valence-electron chi connectivity index (χ2n) is 11.9. The summed E-state index contributed by atoms with van der Waals surface area (Å²) < 4.78 is 12.9. The van der Waals surface area contributed by atoms with Crippen molar-refractivity contribution < 1.29 is 9.31 Å². The Morgan fingerprint density at radius 2 is 1.20 bits per heavy atom. The molecule has 4 rings (SSSR count). The topological polar surface area (TPSA) is 18.5 Å². The minimum absolute atomic E-state index is 0.0151. The highest BCUT2D eigenvalue weighted by atomic mass is 16.7. The van der Waals surface area contributed by atoms with Gasteiger partial charge >= 0.3 is 7.12 Å². The van der Waals surface area contributed by atoms with Crippen LogP contribution >= 0.6 is 0 Å². The summed E-state index contributed by atoms with van der Waals surface area (Å²) in [5, 5.41) is 0. The van der Waals surface area contributed by atoms with Crippen LogP contribution in [0.2, 0.25) is 0 Å². The van der Waals surface area contributed by atoms with E-state index in [0.717, 1.165) is 10.9 Å². The van der Waals surface area contributed by atoms with Crippen molar-refractivity contribution in [2.45, 2.75) is 122 Å². The zero-order valence-electron chi connectivity index (χ0n) is 23.0. The molecule has 0 spiro atoms. The fourth-order valence-electron chi connectivity index (χ4n) is 6.03. The molecule has 1 fully saturated rings. The standard InChI is InChI=1S/C31H44B2O2/c1-7-9-11-13-19-31(20-14-12-10-8-2)27-21-23(32)15-17-25(27)26-18-16-24(22-28(26)31)33-34-29(3,4)30(5,6)35-33/h15-18,21-22H,7-14,19-20H2,1-6H3. The van der Waals surface area contributed by atoms with Crippen LogP contribution in [-0.2, 0) is 14.7 Å². The van der Waals surface area contributed by atoms with Crippen molar-refractivity contribution in [1.82, 2.24) is 0 Å². The van der Waals surface area contributed by atoms with Gasteiger partial charge in [-0.3, -0.25) is 0 Å². The summed E-state index contributed by atoms with van der Waals surface area (Å²) in [6.45, 7) is 13.1. The molecule has 1 aliphatic carbocycles. The fraction of sp³-hybridized carbons (Fsp3) is 0.613. The molecule has 186 valence electrons. The van der Waals surface area contributed by atoms with E-state index in [9.17, 15) is 0 Å². The lowest BCUT2D eigenvalue weighted by Crippen LogP contribution is -2.41. The van der Waals surface area contributed by atoms with Gasteiger partial charge in [-0.05, 0) is 68.3 Å². The Labute approximate surface area is 216 Å². The van der Waals surface area contributed by atoms with Crippen LogP contribution in [0.15, 0.2) is 36.4 Å². The van der Waals surface area contributed by atoms with Crippen molar-refractivity contribution in [1.29, 1.82) is 0 Å². The molecule has 2 nitrogen and oxygen atoms in total. The number of hydrogen-bond donors (Lipinski definition) is 0. The molecule has 2 aromatic carbocycles. The lowest BCUT2D eigenvalue weighted by atomic mass is 9.68. The zero-order valence-corrected chi connectivity index (χ0v) is 23.0. The van der Waals surface area contributed by atoms with Crippen molar-refractivity contribution >= 4 is 25.9 Å². The molecular formula is C31H44B2O2. The molecule has 4 heteroatoms.